The van der Waals surface area contributed by atoms with Gasteiger partial charge in [0.1, 0.15) is 5.82 Å². The molecule has 1 aromatic carbocycles. The van der Waals surface area contributed by atoms with Gasteiger partial charge in [-0.05, 0) is 30.9 Å². The average molecular weight is 430 g/mol. The molecule has 1 aromatic heterocycles. The molecule has 2 aliphatic rings. The van der Waals surface area contributed by atoms with Gasteiger partial charge in [-0.3, -0.25) is 4.79 Å². The normalized spacial score (nSPS) is 24.9. The van der Waals surface area contributed by atoms with Crippen molar-refractivity contribution in [2.45, 2.75) is 69.3 Å². The number of nitrogens with one attached hydrogen (secondary N) is 4. The van der Waals surface area contributed by atoms with Gasteiger partial charge < -0.3 is 20.9 Å². The zero-order chi connectivity index (χ0) is 21.1. The van der Waals surface area contributed by atoms with Gasteiger partial charge in [-0.25, -0.2) is 9.78 Å². The summed E-state index contributed by atoms with van der Waals surface area (Å²) in [5, 5.41) is 9.66. The van der Waals surface area contributed by atoms with Gasteiger partial charge in [0.2, 0.25) is 5.91 Å². The number of unbranched alkanes of at least 4 members (excludes halogenated alkanes) is 1. The van der Waals surface area contributed by atoms with Crippen molar-refractivity contribution in [1.82, 2.24) is 25.9 Å². The fourth-order valence-corrected chi connectivity index (χ4v) is 5.90. The van der Waals surface area contributed by atoms with E-state index in [9.17, 15) is 9.59 Å². The Balaban J connectivity index is 1.27. The Kier molecular flexibility index (Phi) is 6.51. The summed E-state index contributed by atoms with van der Waals surface area (Å²) in [6.07, 6.45) is 4.35. The van der Waals surface area contributed by atoms with Gasteiger partial charge >= 0.3 is 6.03 Å². The number of aromatic amines is 1. The predicted octanol–water partition coefficient (Wildman–Crippen LogP) is 3.49. The highest BCUT2D eigenvalue weighted by atomic mass is 32.2. The molecule has 7 nitrogen and oxygen atoms in total. The molecule has 162 valence electrons. The smallest absolute Gasteiger partial charge is 0.315 e. The van der Waals surface area contributed by atoms with Gasteiger partial charge in [-0.1, -0.05) is 38.8 Å². The third kappa shape index (κ3) is 4.58. The first kappa shape index (κ1) is 21.0. The molecule has 0 saturated carbocycles. The van der Waals surface area contributed by atoms with Gasteiger partial charge in [0.25, 0.3) is 0 Å². The molecule has 3 amide bonds. The number of hydrogen-bond donors (Lipinski definition) is 4. The monoisotopic (exact) mass is 429 g/mol. The fraction of sp³-hybridized carbons (Fsp3) is 0.591. The largest absolute Gasteiger partial charge is 0.346 e. The van der Waals surface area contributed by atoms with Gasteiger partial charge in [0.05, 0.1) is 29.2 Å². The number of carbonyl (C=O) groups excluding carboxylic acids is 2. The van der Waals surface area contributed by atoms with Crippen LogP contribution < -0.4 is 16.0 Å². The maximum atomic E-state index is 12.7. The first-order valence-electron chi connectivity index (χ1n) is 11.0. The Hall–Kier alpha value is -2.22. The molecule has 2 aliphatic heterocycles. The minimum Gasteiger partial charge on any atom is -0.346 e. The molecule has 30 heavy (non-hydrogen) atoms. The topological polar surface area (TPSA) is 98.9 Å². The van der Waals surface area contributed by atoms with E-state index in [1.165, 1.54) is 0 Å². The van der Waals surface area contributed by atoms with Crippen molar-refractivity contribution in [2.24, 2.45) is 5.92 Å². The van der Waals surface area contributed by atoms with Crippen LogP contribution in [0.25, 0.3) is 11.0 Å². The number of rotatable bonds is 9. The van der Waals surface area contributed by atoms with E-state index in [2.05, 4.69) is 34.8 Å². The Morgan fingerprint density at radius 1 is 1.30 bits per heavy atom. The molecule has 2 saturated heterocycles. The molecule has 5 atom stereocenters. The average Bonchev–Trinajstić information content (AvgIpc) is 3.42. The Morgan fingerprint density at radius 2 is 2.13 bits per heavy atom. The van der Waals surface area contributed by atoms with Crippen LogP contribution >= 0.6 is 11.8 Å². The highest BCUT2D eigenvalue weighted by Crippen LogP contribution is 2.33. The summed E-state index contributed by atoms with van der Waals surface area (Å²) in [5.74, 6) is 2.17. The van der Waals surface area contributed by atoms with E-state index in [1.807, 2.05) is 36.0 Å². The number of nitrogens with zero attached hydrogens (tertiary/aromatic N) is 1. The van der Waals surface area contributed by atoms with Crippen LogP contribution in [0.4, 0.5) is 4.79 Å². The van der Waals surface area contributed by atoms with Crippen LogP contribution in [0.15, 0.2) is 24.3 Å². The number of aromatic nitrogens is 2. The summed E-state index contributed by atoms with van der Waals surface area (Å²) in [4.78, 5) is 32.2. The second-order valence-electron chi connectivity index (χ2n) is 8.44. The van der Waals surface area contributed by atoms with E-state index >= 15 is 0 Å². The summed E-state index contributed by atoms with van der Waals surface area (Å²) in [6.45, 7) is 4.28. The lowest BCUT2D eigenvalue weighted by Gasteiger charge is -2.22. The minimum atomic E-state index is -0.110. The number of amides is 3. The van der Waals surface area contributed by atoms with Crippen LogP contribution in [0.3, 0.4) is 0 Å². The standard InChI is InChI=1S/C22H31N5O2S/c1-3-13(2)19(21-23-14-8-4-5-9-15(14)24-21)26-18(28)11-7-6-10-17-20-16(12-30-17)25-22(29)27-20/h4-5,8-9,13,16-17,19-20H,3,6-7,10-12H2,1-2H3,(H,23,24)(H,26,28)(H2,25,27,29)/t13-,16-,17-,19-,20-/m0/s1. The predicted molar refractivity (Wildman–Crippen MR) is 120 cm³/mol. The van der Waals surface area contributed by atoms with Crippen molar-refractivity contribution in [3.63, 3.8) is 0 Å². The maximum Gasteiger partial charge on any atom is 0.315 e. The number of hydrogen-bond acceptors (Lipinski definition) is 4. The van der Waals surface area contributed by atoms with Crippen LogP contribution in [0, 0.1) is 5.92 Å². The van der Waals surface area contributed by atoms with Crippen LogP contribution in [0.2, 0.25) is 0 Å². The van der Waals surface area contributed by atoms with E-state index in [-0.39, 0.29) is 30.1 Å². The van der Waals surface area contributed by atoms with E-state index in [1.54, 1.807) is 0 Å². The van der Waals surface area contributed by atoms with Gasteiger partial charge in [-0.2, -0.15) is 11.8 Å². The molecule has 0 radical (unpaired) electrons. The van der Waals surface area contributed by atoms with Crippen LogP contribution in [-0.4, -0.2) is 45.0 Å². The second kappa shape index (κ2) is 9.29. The molecule has 8 heteroatoms. The molecule has 2 aromatic rings. The van der Waals surface area contributed by atoms with Crippen molar-refractivity contribution in [1.29, 1.82) is 0 Å². The second-order valence-corrected chi connectivity index (χ2v) is 9.71. The number of fused-ring (bicyclic) bond motifs is 2. The number of benzene rings is 1. The molecule has 4 N–H and O–H groups in total. The fourth-order valence-electron chi connectivity index (χ4n) is 4.36. The van der Waals surface area contributed by atoms with Crippen molar-refractivity contribution >= 4 is 34.7 Å². The number of H-pyrrole nitrogens is 1. The Bertz CT molecular complexity index is 868. The quantitative estimate of drug-likeness (QED) is 0.362. The number of imidazole rings is 1. The first-order valence-corrected chi connectivity index (χ1v) is 12.0. The highest BCUT2D eigenvalue weighted by molar-refractivity contribution is 8.00. The van der Waals surface area contributed by atoms with Gasteiger partial charge in [0, 0.05) is 17.4 Å². The number of thioether (sulfide) groups is 1. The van der Waals surface area contributed by atoms with Crippen molar-refractivity contribution in [3.8, 4) is 0 Å². The highest BCUT2D eigenvalue weighted by Gasteiger charge is 2.42. The van der Waals surface area contributed by atoms with Crippen molar-refractivity contribution in [2.75, 3.05) is 5.75 Å². The molecule has 0 spiro atoms. The van der Waals surface area contributed by atoms with Crippen molar-refractivity contribution < 1.29 is 9.59 Å². The number of urea groups is 1. The van der Waals surface area contributed by atoms with Gasteiger partial charge in [-0.15, -0.1) is 0 Å². The van der Waals surface area contributed by atoms with E-state index < -0.39 is 0 Å². The lowest BCUT2D eigenvalue weighted by molar-refractivity contribution is -0.122. The maximum absolute atomic E-state index is 12.7. The lowest BCUT2D eigenvalue weighted by atomic mass is 9.98. The van der Waals surface area contributed by atoms with Gasteiger partial charge in [0.15, 0.2) is 0 Å². The Labute approximate surface area is 181 Å². The molecule has 4 rings (SSSR count). The summed E-state index contributed by atoms with van der Waals surface area (Å²) < 4.78 is 0. The summed E-state index contributed by atoms with van der Waals surface area (Å²) in [6, 6.07) is 8.29. The van der Waals surface area contributed by atoms with E-state index in [0.29, 0.717) is 17.6 Å². The molecular formula is C22H31N5O2S. The summed E-state index contributed by atoms with van der Waals surface area (Å²) >= 11 is 1.92. The third-order valence-corrected chi connectivity index (χ3v) is 7.82. The SMILES string of the molecule is CC[C@H](C)[C@H](NC(=O)CCCC[C@@H]1SC[C@@H]2NC(=O)N[C@@H]21)c1nc2ccccc2[nH]1. The zero-order valence-electron chi connectivity index (χ0n) is 17.6. The van der Waals surface area contributed by atoms with Crippen molar-refractivity contribution in [3.05, 3.63) is 30.1 Å². The number of carbonyl (C=O) groups is 2. The molecule has 2 fully saturated rings. The van der Waals surface area contributed by atoms with E-state index in [4.69, 9.17) is 4.98 Å². The summed E-state index contributed by atoms with van der Waals surface area (Å²) in [7, 11) is 0. The van der Waals surface area contributed by atoms with Crippen LogP contribution in [-0.2, 0) is 4.79 Å². The Morgan fingerprint density at radius 3 is 2.93 bits per heavy atom. The first-order chi connectivity index (χ1) is 14.5. The van der Waals surface area contributed by atoms with Crippen LogP contribution in [0.5, 0.6) is 0 Å². The minimum absolute atomic E-state index is 0.0450. The molecular weight excluding hydrogens is 398 g/mol. The molecule has 0 bridgehead atoms. The lowest BCUT2D eigenvalue weighted by Crippen LogP contribution is -2.36. The molecule has 0 unspecified atom stereocenters. The number of para-hydroxylation sites is 2. The molecule has 0 aliphatic carbocycles. The third-order valence-electron chi connectivity index (χ3n) is 6.31. The molecule has 3 heterocycles. The summed E-state index contributed by atoms with van der Waals surface area (Å²) in [5.41, 5.74) is 1.92. The van der Waals surface area contributed by atoms with E-state index in [0.717, 1.165) is 48.3 Å². The van der Waals surface area contributed by atoms with Crippen LogP contribution in [0.1, 0.15) is 57.8 Å². The zero-order valence-corrected chi connectivity index (χ0v) is 18.4.